The Labute approximate surface area is 128 Å². The van der Waals surface area contributed by atoms with Gasteiger partial charge in [0.15, 0.2) is 0 Å². The van der Waals surface area contributed by atoms with Gasteiger partial charge in [0, 0.05) is 31.6 Å². The number of aryl methyl sites for hydroxylation is 1. The maximum atomic E-state index is 4.74. The van der Waals surface area contributed by atoms with E-state index in [9.17, 15) is 0 Å². The van der Waals surface area contributed by atoms with Crippen molar-refractivity contribution in [3.8, 4) is 0 Å². The van der Waals surface area contributed by atoms with Crippen molar-refractivity contribution < 1.29 is 0 Å². The standard InChI is InChI=1S/C16H29N5/c1-6-7-14-19-15(17-4)12(3)16(20-14)18-13-8-9-21(5)10-11(13)2/h11,13H,6-10H2,1-5H3,(H2,17,18,19,20). The number of hydrogen-bond donors (Lipinski definition) is 2. The zero-order valence-corrected chi connectivity index (χ0v) is 14.0. The zero-order chi connectivity index (χ0) is 15.4. The summed E-state index contributed by atoms with van der Waals surface area (Å²) in [6.45, 7) is 8.85. The fourth-order valence-electron chi connectivity index (χ4n) is 3.03. The first-order chi connectivity index (χ1) is 10.0. The van der Waals surface area contributed by atoms with Crippen molar-refractivity contribution in [3.63, 3.8) is 0 Å². The number of anilines is 2. The molecule has 0 spiro atoms. The molecule has 1 aliphatic rings. The van der Waals surface area contributed by atoms with Crippen LogP contribution in [0.25, 0.3) is 0 Å². The van der Waals surface area contributed by atoms with Gasteiger partial charge in [0.1, 0.15) is 17.5 Å². The van der Waals surface area contributed by atoms with Crippen molar-refractivity contribution in [1.82, 2.24) is 14.9 Å². The van der Waals surface area contributed by atoms with Crippen LogP contribution < -0.4 is 10.6 Å². The molecule has 2 N–H and O–H groups in total. The minimum absolute atomic E-state index is 0.494. The molecule has 0 bridgehead atoms. The number of rotatable bonds is 5. The number of piperidine rings is 1. The third kappa shape index (κ3) is 3.84. The predicted molar refractivity (Wildman–Crippen MR) is 89.0 cm³/mol. The lowest BCUT2D eigenvalue weighted by Crippen LogP contribution is -2.43. The lowest BCUT2D eigenvalue weighted by molar-refractivity contribution is 0.206. The number of nitrogens with zero attached hydrogens (tertiary/aromatic N) is 3. The van der Waals surface area contributed by atoms with Crippen LogP contribution >= 0.6 is 0 Å². The highest BCUT2D eigenvalue weighted by atomic mass is 15.1. The Morgan fingerprint density at radius 2 is 2.00 bits per heavy atom. The monoisotopic (exact) mass is 291 g/mol. The number of hydrogen-bond acceptors (Lipinski definition) is 5. The SMILES string of the molecule is CCCc1nc(NC)c(C)c(NC2CCN(C)CC2C)n1. The van der Waals surface area contributed by atoms with Gasteiger partial charge in [-0.1, -0.05) is 13.8 Å². The minimum atomic E-state index is 0.494. The highest BCUT2D eigenvalue weighted by Crippen LogP contribution is 2.25. The summed E-state index contributed by atoms with van der Waals surface area (Å²) in [5.41, 5.74) is 1.11. The molecule has 2 rings (SSSR count). The molecule has 2 heterocycles. The molecular formula is C16H29N5. The van der Waals surface area contributed by atoms with Crippen molar-refractivity contribution in [1.29, 1.82) is 0 Å². The first-order valence-electron chi connectivity index (χ1n) is 8.05. The van der Waals surface area contributed by atoms with Gasteiger partial charge < -0.3 is 15.5 Å². The molecule has 5 nitrogen and oxygen atoms in total. The van der Waals surface area contributed by atoms with Gasteiger partial charge in [-0.3, -0.25) is 0 Å². The predicted octanol–water partition coefficient (Wildman–Crippen LogP) is 2.53. The first-order valence-corrected chi connectivity index (χ1v) is 8.05. The lowest BCUT2D eigenvalue weighted by Gasteiger charge is -2.35. The summed E-state index contributed by atoms with van der Waals surface area (Å²) in [7, 11) is 4.12. The van der Waals surface area contributed by atoms with Crippen LogP contribution in [-0.4, -0.2) is 48.1 Å². The van der Waals surface area contributed by atoms with Gasteiger partial charge in [-0.25, -0.2) is 9.97 Å². The molecule has 1 saturated heterocycles. The Balaban J connectivity index is 2.20. The number of nitrogens with one attached hydrogen (secondary N) is 2. The summed E-state index contributed by atoms with van der Waals surface area (Å²) in [6, 6.07) is 0.494. The van der Waals surface area contributed by atoms with Gasteiger partial charge in [0.25, 0.3) is 0 Å². The van der Waals surface area contributed by atoms with Crippen molar-refractivity contribution in [2.24, 2.45) is 5.92 Å². The summed E-state index contributed by atoms with van der Waals surface area (Å²) >= 11 is 0. The van der Waals surface area contributed by atoms with Crippen molar-refractivity contribution in [2.45, 2.75) is 46.1 Å². The molecule has 21 heavy (non-hydrogen) atoms. The number of likely N-dealkylation sites (tertiary alicyclic amines) is 1. The highest BCUT2D eigenvalue weighted by Gasteiger charge is 2.25. The van der Waals surface area contributed by atoms with Crippen LogP contribution in [0.15, 0.2) is 0 Å². The Hall–Kier alpha value is -1.36. The van der Waals surface area contributed by atoms with Gasteiger partial charge in [-0.2, -0.15) is 0 Å². The minimum Gasteiger partial charge on any atom is -0.373 e. The van der Waals surface area contributed by atoms with Crippen LogP contribution in [0, 0.1) is 12.8 Å². The summed E-state index contributed by atoms with van der Waals surface area (Å²) < 4.78 is 0. The lowest BCUT2D eigenvalue weighted by atomic mass is 9.94. The molecule has 1 aliphatic heterocycles. The van der Waals surface area contributed by atoms with E-state index in [4.69, 9.17) is 4.98 Å². The third-order valence-corrected chi connectivity index (χ3v) is 4.33. The van der Waals surface area contributed by atoms with E-state index in [1.54, 1.807) is 0 Å². The Bertz CT molecular complexity index is 474. The summed E-state index contributed by atoms with van der Waals surface area (Å²) in [5, 5.41) is 6.87. The molecule has 0 amide bonds. The van der Waals surface area contributed by atoms with Gasteiger partial charge in [0.2, 0.25) is 0 Å². The van der Waals surface area contributed by atoms with Crippen LogP contribution in [-0.2, 0) is 6.42 Å². The fourth-order valence-corrected chi connectivity index (χ4v) is 3.03. The Morgan fingerprint density at radius 3 is 2.62 bits per heavy atom. The molecule has 1 fully saturated rings. The van der Waals surface area contributed by atoms with E-state index in [1.807, 2.05) is 7.05 Å². The van der Waals surface area contributed by atoms with Gasteiger partial charge in [-0.05, 0) is 39.3 Å². The molecule has 0 saturated carbocycles. The highest BCUT2D eigenvalue weighted by molar-refractivity contribution is 5.57. The van der Waals surface area contributed by atoms with Gasteiger partial charge in [-0.15, -0.1) is 0 Å². The van der Waals surface area contributed by atoms with Crippen molar-refractivity contribution in [2.75, 3.05) is 37.8 Å². The molecule has 2 atom stereocenters. The molecular weight excluding hydrogens is 262 g/mol. The van der Waals surface area contributed by atoms with E-state index in [1.165, 1.54) is 6.42 Å². The second-order valence-electron chi connectivity index (χ2n) is 6.24. The van der Waals surface area contributed by atoms with Crippen LogP contribution in [0.5, 0.6) is 0 Å². The van der Waals surface area contributed by atoms with Crippen molar-refractivity contribution >= 4 is 11.6 Å². The smallest absolute Gasteiger partial charge is 0.135 e. The maximum Gasteiger partial charge on any atom is 0.135 e. The summed E-state index contributed by atoms with van der Waals surface area (Å²) in [6.07, 6.45) is 3.15. The molecule has 1 aromatic heterocycles. The van der Waals surface area contributed by atoms with E-state index in [-0.39, 0.29) is 0 Å². The maximum absolute atomic E-state index is 4.74. The Kier molecular flexibility index (Phi) is 5.39. The average Bonchev–Trinajstić information content (AvgIpc) is 2.45. The molecule has 1 aromatic rings. The van der Waals surface area contributed by atoms with Crippen LogP contribution in [0.2, 0.25) is 0 Å². The fraction of sp³-hybridized carbons (Fsp3) is 0.750. The van der Waals surface area contributed by atoms with Gasteiger partial charge in [0.05, 0.1) is 0 Å². The summed E-state index contributed by atoms with van der Waals surface area (Å²) in [5.74, 6) is 3.50. The zero-order valence-electron chi connectivity index (χ0n) is 14.0. The largest absolute Gasteiger partial charge is 0.373 e. The van der Waals surface area contributed by atoms with Crippen LogP contribution in [0.3, 0.4) is 0 Å². The molecule has 2 unspecified atom stereocenters. The Morgan fingerprint density at radius 1 is 1.29 bits per heavy atom. The molecule has 0 radical (unpaired) electrons. The van der Waals surface area contributed by atoms with Crippen LogP contribution in [0.1, 0.15) is 38.1 Å². The van der Waals surface area contributed by atoms with E-state index < -0.39 is 0 Å². The first kappa shape index (κ1) is 16.0. The van der Waals surface area contributed by atoms with Crippen molar-refractivity contribution in [3.05, 3.63) is 11.4 Å². The second-order valence-corrected chi connectivity index (χ2v) is 6.24. The normalized spacial score (nSPS) is 23.1. The average molecular weight is 291 g/mol. The van der Waals surface area contributed by atoms with E-state index >= 15 is 0 Å². The molecule has 118 valence electrons. The third-order valence-electron chi connectivity index (χ3n) is 4.33. The molecule has 5 heteroatoms. The number of aromatic nitrogens is 2. The van der Waals surface area contributed by atoms with E-state index in [0.29, 0.717) is 12.0 Å². The topological polar surface area (TPSA) is 53.1 Å². The van der Waals surface area contributed by atoms with Crippen LogP contribution in [0.4, 0.5) is 11.6 Å². The quantitative estimate of drug-likeness (QED) is 0.873. The van der Waals surface area contributed by atoms with Gasteiger partial charge >= 0.3 is 0 Å². The molecule has 0 aliphatic carbocycles. The van der Waals surface area contributed by atoms with E-state index in [2.05, 4.69) is 48.3 Å². The second kappa shape index (κ2) is 7.07. The summed E-state index contributed by atoms with van der Waals surface area (Å²) in [4.78, 5) is 11.7. The van der Waals surface area contributed by atoms with E-state index in [0.717, 1.165) is 49.0 Å². The molecule has 0 aromatic carbocycles.